The first-order valence-electron chi connectivity index (χ1n) is 6.32. The van der Waals surface area contributed by atoms with Gasteiger partial charge in [-0.25, -0.2) is 0 Å². The van der Waals surface area contributed by atoms with Gasteiger partial charge in [0.15, 0.2) is 5.82 Å². The van der Waals surface area contributed by atoms with Gasteiger partial charge in [-0.3, -0.25) is 4.79 Å². The Labute approximate surface area is 124 Å². The van der Waals surface area contributed by atoms with E-state index in [1.165, 1.54) is 0 Å². The third-order valence-corrected chi connectivity index (χ3v) is 5.32. The molecule has 7 heteroatoms. The summed E-state index contributed by atoms with van der Waals surface area (Å²) in [5, 5.41) is 16.8. The smallest absolute Gasteiger partial charge is 0.303 e. The van der Waals surface area contributed by atoms with Gasteiger partial charge in [0.2, 0.25) is 0 Å². The predicted octanol–water partition coefficient (Wildman–Crippen LogP) is 3.29. The van der Waals surface area contributed by atoms with Crippen LogP contribution in [0.1, 0.15) is 25.1 Å². The molecule has 0 atom stereocenters. The van der Waals surface area contributed by atoms with Gasteiger partial charge in [-0.05, 0) is 35.5 Å². The molecule has 0 aliphatic heterocycles. The summed E-state index contributed by atoms with van der Waals surface area (Å²) in [6.07, 6.45) is 2.30. The molecule has 0 amide bonds. The molecule has 1 saturated carbocycles. The molecule has 0 unspecified atom stereocenters. The van der Waals surface area contributed by atoms with Gasteiger partial charge in [0, 0.05) is 5.38 Å². The van der Waals surface area contributed by atoms with E-state index in [4.69, 9.17) is 9.63 Å². The van der Waals surface area contributed by atoms with Gasteiger partial charge in [0.05, 0.1) is 17.7 Å². The number of carbonyl (C=O) groups is 1. The zero-order chi connectivity index (χ0) is 14.0. The van der Waals surface area contributed by atoms with Gasteiger partial charge in [0.1, 0.15) is 0 Å². The maximum Gasteiger partial charge on any atom is 0.303 e. The Morgan fingerprint density at radius 2 is 2.40 bits per heavy atom. The van der Waals surface area contributed by atoms with E-state index in [9.17, 15) is 4.79 Å². The van der Waals surface area contributed by atoms with E-state index < -0.39 is 5.97 Å². The summed E-state index contributed by atoms with van der Waals surface area (Å²) in [5.74, 6) is 2.02. The van der Waals surface area contributed by atoms with E-state index in [0.717, 1.165) is 24.2 Å². The number of rotatable bonds is 7. The molecule has 0 bridgehead atoms. The molecule has 2 aromatic rings. The average Bonchev–Trinajstić information content (AvgIpc) is 2.86. The molecule has 2 heterocycles. The lowest BCUT2D eigenvalue weighted by atomic mass is 10.1. The molecule has 3 rings (SSSR count). The monoisotopic (exact) mass is 310 g/mol. The standard InChI is InChI=1S/C13H14N2O3S2/c16-11(17)5-13(2-3-13)8-20-7-10-14-12(18-15-10)9-1-4-19-6-9/h1,4,6H,2-3,5,7-8H2,(H,16,17). The first kappa shape index (κ1) is 13.6. The highest BCUT2D eigenvalue weighted by molar-refractivity contribution is 7.98. The Morgan fingerprint density at radius 3 is 3.05 bits per heavy atom. The number of aliphatic carboxylic acids is 1. The maximum atomic E-state index is 10.8. The second-order valence-electron chi connectivity index (χ2n) is 5.09. The number of carboxylic acid groups (broad SMARTS) is 1. The third kappa shape index (κ3) is 3.21. The van der Waals surface area contributed by atoms with Crippen molar-refractivity contribution in [3.05, 3.63) is 22.7 Å². The highest BCUT2D eigenvalue weighted by atomic mass is 32.2. The molecule has 5 nitrogen and oxygen atoms in total. The van der Waals surface area contributed by atoms with Crippen molar-refractivity contribution in [2.24, 2.45) is 5.41 Å². The molecule has 106 valence electrons. The number of thiophene rings is 1. The lowest BCUT2D eigenvalue weighted by molar-refractivity contribution is -0.138. The lowest BCUT2D eigenvalue weighted by Crippen LogP contribution is -2.11. The molecular formula is C13H14N2O3S2. The van der Waals surface area contributed by atoms with Crippen LogP contribution in [0.5, 0.6) is 0 Å². The van der Waals surface area contributed by atoms with Gasteiger partial charge in [-0.2, -0.15) is 28.1 Å². The van der Waals surface area contributed by atoms with Crippen LogP contribution in [0.2, 0.25) is 0 Å². The average molecular weight is 310 g/mol. The molecule has 0 saturated heterocycles. The number of hydrogen-bond acceptors (Lipinski definition) is 6. The van der Waals surface area contributed by atoms with Gasteiger partial charge >= 0.3 is 5.97 Å². The molecule has 20 heavy (non-hydrogen) atoms. The van der Waals surface area contributed by atoms with E-state index in [-0.39, 0.29) is 11.8 Å². The Bertz CT molecular complexity index is 591. The lowest BCUT2D eigenvalue weighted by Gasteiger charge is -2.10. The van der Waals surface area contributed by atoms with Gasteiger partial charge in [-0.1, -0.05) is 5.16 Å². The van der Waals surface area contributed by atoms with Crippen LogP contribution in [0.3, 0.4) is 0 Å². The Hall–Kier alpha value is -1.34. The van der Waals surface area contributed by atoms with E-state index in [1.54, 1.807) is 23.1 Å². The fraction of sp³-hybridized carbons (Fsp3) is 0.462. The molecule has 1 aliphatic carbocycles. The number of aromatic nitrogens is 2. The van der Waals surface area contributed by atoms with Gasteiger partial charge in [-0.15, -0.1) is 0 Å². The summed E-state index contributed by atoms with van der Waals surface area (Å²) < 4.78 is 5.21. The summed E-state index contributed by atoms with van der Waals surface area (Å²) in [6, 6.07) is 1.95. The fourth-order valence-electron chi connectivity index (χ4n) is 2.04. The summed E-state index contributed by atoms with van der Waals surface area (Å²) in [7, 11) is 0. The first-order valence-corrected chi connectivity index (χ1v) is 8.41. The van der Waals surface area contributed by atoms with Gasteiger partial charge in [0.25, 0.3) is 5.89 Å². The summed E-state index contributed by atoms with van der Waals surface area (Å²) in [4.78, 5) is 15.1. The van der Waals surface area contributed by atoms with Crippen LogP contribution >= 0.6 is 23.1 Å². The van der Waals surface area contributed by atoms with Crippen molar-refractivity contribution in [2.45, 2.75) is 25.0 Å². The summed E-state index contributed by atoms with van der Waals surface area (Å²) in [5.41, 5.74) is 0.958. The molecule has 0 aromatic carbocycles. The van der Waals surface area contributed by atoms with Crippen molar-refractivity contribution in [3.8, 4) is 11.5 Å². The van der Waals surface area contributed by atoms with Crippen LogP contribution in [-0.4, -0.2) is 27.0 Å². The highest BCUT2D eigenvalue weighted by Gasteiger charge is 2.44. The molecule has 0 radical (unpaired) electrons. The largest absolute Gasteiger partial charge is 0.481 e. The van der Waals surface area contributed by atoms with Crippen molar-refractivity contribution < 1.29 is 14.4 Å². The zero-order valence-corrected chi connectivity index (χ0v) is 12.4. The Morgan fingerprint density at radius 1 is 1.55 bits per heavy atom. The quantitative estimate of drug-likeness (QED) is 0.845. The molecule has 1 aliphatic rings. The number of thioether (sulfide) groups is 1. The number of carboxylic acids is 1. The van der Waals surface area contributed by atoms with Crippen LogP contribution in [0.4, 0.5) is 0 Å². The molecule has 1 N–H and O–H groups in total. The molecule has 2 aromatic heterocycles. The highest BCUT2D eigenvalue weighted by Crippen LogP contribution is 2.51. The number of nitrogens with zero attached hydrogens (tertiary/aromatic N) is 2. The summed E-state index contributed by atoms with van der Waals surface area (Å²) in [6.45, 7) is 0. The second kappa shape index (κ2) is 5.57. The minimum absolute atomic E-state index is 0.0103. The van der Waals surface area contributed by atoms with Crippen LogP contribution < -0.4 is 0 Å². The second-order valence-corrected chi connectivity index (χ2v) is 6.86. The Kier molecular flexibility index (Phi) is 3.80. The van der Waals surface area contributed by atoms with Crippen LogP contribution in [0.25, 0.3) is 11.5 Å². The molecule has 0 spiro atoms. The first-order chi connectivity index (χ1) is 9.67. The Balaban J connectivity index is 1.51. The third-order valence-electron chi connectivity index (χ3n) is 3.36. The van der Waals surface area contributed by atoms with Gasteiger partial charge < -0.3 is 9.63 Å². The van der Waals surface area contributed by atoms with Crippen LogP contribution in [-0.2, 0) is 10.5 Å². The minimum Gasteiger partial charge on any atom is -0.481 e. The normalized spacial score (nSPS) is 16.2. The van der Waals surface area contributed by atoms with E-state index >= 15 is 0 Å². The minimum atomic E-state index is -0.706. The fourth-order valence-corrected chi connectivity index (χ4v) is 3.90. The van der Waals surface area contributed by atoms with E-state index in [1.807, 2.05) is 16.8 Å². The molecule has 1 fully saturated rings. The van der Waals surface area contributed by atoms with Crippen molar-refractivity contribution >= 4 is 29.1 Å². The van der Waals surface area contributed by atoms with Crippen molar-refractivity contribution in [3.63, 3.8) is 0 Å². The zero-order valence-electron chi connectivity index (χ0n) is 10.7. The van der Waals surface area contributed by atoms with Crippen LogP contribution in [0, 0.1) is 5.41 Å². The van der Waals surface area contributed by atoms with Crippen molar-refractivity contribution in [1.29, 1.82) is 0 Å². The summed E-state index contributed by atoms with van der Waals surface area (Å²) >= 11 is 3.27. The topological polar surface area (TPSA) is 76.2 Å². The molecular weight excluding hydrogens is 296 g/mol. The number of hydrogen-bond donors (Lipinski definition) is 1. The van der Waals surface area contributed by atoms with E-state index in [2.05, 4.69) is 10.1 Å². The van der Waals surface area contributed by atoms with E-state index in [0.29, 0.717) is 17.5 Å². The predicted molar refractivity (Wildman–Crippen MR) is 77.7 cm³/mol. The van der Waals surface area contributed by atoms with Crippen molar-refractivity contribution in [1.82, 2.24) is 10.1 Å². The SMILES string of the molecule is O=C(O)CC1(CSCc2noc(-c3ccsc3)n2)CC1. The van der Waals surface area contributed by atoms with Crippen molar-refractivity contribution in [2.75, 3.05) is 5.75 Å². The maximum absolute atomic E-state index is 10.8. The van der Waals surface area contributed by atoms with Crippen LogP contribution in [0.15, 0.2) is 21.3 Å².